The quantitative estimate of drug-likeness (QED) is 0.598. The highest BCUT2D eigenvalue weighted by atomic mass is 16.6. The van der Waals surface area contributed by atoms with Gasteiger partial charge in [-0.1, -0.05) is 11.6 Å². The number of allylic oxidation sites excluding steroid dienone is 1. The van der Waals surface area contributed by atoms with E-state index in [2.05, 4.69) is 11.4 Å². The Morgan fingerprint density at radius 1 is 1.36 bits per heavy atom. The fourth-order valence-corrected chi connectivity index (χ4v) is 2.37. The third-order valence-electron chi connectivity index (χ3n) is 3.63. The highest BCUT2D eigenvalue weighted by Crippen LogP contribution is 2.19. The molecule has 2 rings (SSSR count). The number of ether oxygens (including phenoxy) is 3. The Balaban J connectivity index is 1.68. The Kier molecular flexibility index (Phi) is 6.30. The predicted molar refractivity (Wildman–Crippen MR) is 79.7 cm³/mol. The second-order valence-electron chi connectivity index (χ2n) is 5.40. The van der Waals surface area contributed by atoms with Crippen molar-refractivity contribution in [1.29, 1.82) is 0 Å². The van der Waals surface area contributed by atoms with Crippen molar-refractivity contribution in [1.82, 2.24) is 5.32 Å². The minimum atomic E-state index is -0.862. The normalized spacial score (nSPS) is 19.0. The molecular weight excluding hydrogens is 286 g/mol. The molecule has 0 aromatic heterocycles. The van der Waals surface area contributed by atoms with E-state index in [0.717, 1.165) is 19.3 Å². The molecule has 0 bridgehead atoms. The van der Waals surface area contributed by atoms with E-state index < -0.39 is 12.1 Å². The number of amides is 1. The number of esters is 1. The van der Waals surface area contributed by atoms with E-state index in [1.54, 1.807) is 0 Å². The van der Waals surface area contributed by atoms with E-state index in [9.17, 15) is 9.59 Å². The van der Waals surface area contributed by atoms with Crippen LogP contribution in [0.2, 0.25) is 0 Å². The summed E-state index contributed by atoms with van der Waals surface area (Å²) in [6.45, 7) is 2.81. The lowest BCUT2D eigenvalue weighted by Crippen LogP contribution is -2.37. The summed E-state index contributed by atoms with van der Waals surface area (Å²) in [5, 5.41) is 2.79. The molecule has 1 aliphatic carbocycles. The summed E-state index contributed by atoms with van der Waals surface area (Å²) in [5.41, 5.74) is 1.40. The number of carbonyl (C=O) groups excluding carboxylic acids is 2. The van der Waals surface area contributed by atoms with Gasteiger partial charge in [0.15, 0.2) is 6.10 Å². The van der Waals surface area contributed by atoms with Gasteiger partial charge in [-0.25, -0.2) is 4.79 Å². The van der Waals surface area contributed by atoms with Gasteiger partial charge in [0.05, 0.1) is 0 Å². The van der Waals surface area contributed by atoms with E-state index in [-0.39, 0.29) is 11.7 Å². The van der Waals surface area contributed by atoms with Crippen molar-refractivity contribution in [2.75, 3.05) is 19.8 Å². The van der Waals surface area contributed by atoms with Crippen LogP contribution in [-0.4, -0.2) is 37.7 Å². The molecule has 6 heteroatoms. The molecule has 6 nitrogen and oxygen atoms in total. The van der Waals surface area contributed by atoms with Gasteiger partial charge in [0.25, 0.3) is 5.91 Å². The maximum Gasteiger partial charge on any atom is 0.377 e. The summed E-state index contributed by atoms with van der Waals surface area (Å²) in [6.07, 6.45) is 8.20. The summed E-state index contributed by atoms with van der Waals surface area (Å²) < 4.78 is 15.1. The number of carbonyl (C=O) groups is 2. The Hall–Kier alpha value is -1.98. The summed E-state index contributed by atoms with van der Waals surface area (Å²) in [7, 11) is 0. The van der Waals surface area contributed by atoms with Crippen molar-refractivity contribution in [3.63, 3.8) is 0 Å². The molecule has 1 amide bonds. The molecule has 0 aromatic rings. The molecule has 0 saturated carbocycles. The maximum absolute atomic E-state index is 11.9. The molecule has 0 unspecified atom stereocenters. The van der Waals surface area contributed by atoms with Crippen molar-refractivity contribution in [3.8, 4) is 0 Å². The van der Waals surface area contributed by atoms with Gasteiger partial charge < -0.3 is 19.5 Å². The first kappa shape index (κ1) is 16.4. The topological polar surface area (TPSA) is 73.9 Å². The minimum absolute atomic E-state index is 0.00161. The smallest absolute Gasteiger partial charge is 0.377 e. The molecule has 1 aliphatic heterocycles. The zero-order valence-corrected chi connectivity index (χ0v) is 12.9. The van der Waals surface area contributed by atoms with Crippen LogP contribution >= 0.6 is 0 Å². The molecule has 0 saturated heterocycles. The van der Waals surface area contributed by atoms with Crippen molar-refractivity contribution >= 4 is 11.9 Å². The minimum Gasteiger partial charge on any atom is -0.493 e. The molecule has 2 aliphatic rings. The Morgan fingerprint density at radius 3 is 2.91 bits per heavy atom. The lowest BCUT2D eigenvalue weighted by molar-refractivity contribution is -0.155. The number of hydrogen-bond donors (Lipinski definition) is 1. The van der Waals surface area contributed by atoms with E-state index >= 15 is 0 Å². The van der Waals surface area contributed by atoms with Gasteiger partial charge in [-0.05, 0) is 39.0 Å². The van der Waals surface area contributed by atoms with Crippen LogP contribution in [0.25, 0.3) is 0 Å². The molecule has 0 fully saturated rings. The zero-order valence-electron chi connectivity index (χ0n) is 12.9. The first-order valence-corrected chi connectivity index (χ1v) is 7.78. The number of rotatable bonds is 6. The first-order chi connectivity index (χ1) is 10.7. The molecule has 1 heterocycles. The number of hydrogen-bond acceptors (Lipinski definition) is 5. The molecule has 22 heavy (non-hydrogen) atoms. The second kappa shape index (κ2) is 8.46. The van der Waals surface area contributed by atoms with Crippen LogP contribution in [0.5, 0.6) is 0 Å². The highest BCUT2D eigenvalue weighted by Gasteiger charge is 2.23. The van der Waals surface area contributed by atoms with Crippen molar-refractivity contribution in [2.24, 2.45) is 0 Å². The van der Waals surface area contributed by atoms with Gasteiger partial charge in [-0.2, -0.15) is 0 Å². The molecule has 0 aromatic carbocycles. The summed E-state index contributed by atoms with van der Waals surface area (Å²) in [5.74, 6) is -0.988. The van der Waals surface area contributed by atoms with Crippen LogP contribution in [0, 0.1) is 0 Å². The molecule has 0 spiro atoms. The third-order valence-corrected chi connectivity index (χ3v) is 3.63. The molecule has 122 valence electrons. The van der Waals surface area contributed by atoms with Gasteiger partial charge in [-0.15, -0.1) is 0 Å². The summed E-state index contributed by atoms with van der Waals surface area (Å²) in [4.78, 5) is 23.7. The van der Waals surface area contributed by atoms with Crippen LogP contribution < -0.4 is 5.32 Å². The number of nitrogens with one attached hydrogen (secondary N) is 1. The van der Waals surface area contributed by atoms with Gasteiger partial charge in [0.2, 0.25) is 5.76 Å². The van der Waals surface area contributed by atoms with Gasteiger partial charge in [0.1, 0.15) is 19.5 Å². The fourth-order valence-electron chi connectivity index (χ4n) is 2.37. The van der Waals surface area contributed by atoms with Crippen LogP contribution in [0.1, 0.15) is 39.0 Å². The van der Waals surface area contributed by atoms with Crippen LogP contribution in [0.4, 0.5) is 0 Å². The SMILES string of the molecule is C[C@H](OC(=O)C1=COCCO1)C(=O)NCCC1=CCCCC1. The Labute approximate surface area is 130 Å². The molecule has 1 N–H and O–H groups in total. The highest BCUT2D eigenvalue weighted by molar-refractivity contribution is 5.89. The van der Waals surface area contributed by atoms with E-state index in [0.29, 0.717) is 19.8 Å². The second-order valence-corrected chi connectivity index (χ2v) is 5.40. The van der Waals surface area contributed by atoms with Gasteiger partial charge >= 0.3 is 5.97 Å². The van der Waals surface area contributed by atoms with Gasteiger partial charge in [0, 0.05) is 6.54 Å². The molecule has 1 atom stereocenters. The zero-order chi connectivity index (χ0) is 15.8. The first-order valence-electron chi connectivity index (χ1n) is 7.78. The summed E-state index contributed by atoms with van der Waals surface area (Å²) in [6, 6.07) is 0. The van der Waals surface area contributed by atoms with Crippen LogP contribution in [-0.2, 0) is 23.8 Å². The van der Waals surface area contributed by atoms with Crippen molar-refractivity contribution in [2.45, 2.75) is 45.1 Å². The van der Waals surface area contributed by atoms with Gasteiger partial charge in [-0.3, -0.25) is 4.79 Å². The predicted octanol–water partition coefficient (Wildman–Crippen LogP) is 1.81. The fraction of sp³-hybridized carbons (Fsp3) is 0.625. The average molecular weight is 309 g/mol. The summed E-state index contributed by atoms with van der Waals surface area (Å²) >= 11 is 0. The maximum atomic E-state index is 11.9. The average Bonchev–Trinajstić information content (AvgIpc) is 2.56. The van der Waals surface area contributed by atoms with E-state index in [1.165, 1.54) is 31.6 Å². The van der Waals surface area contributed by atoms with Crippen LogP contribution in [0.15, 0.2) is 23.7 Å². The van der Waals surface area contributed by atoms with Crippen molar-refractivity contribution in [3.05, 3.63) is 23.7 Å². The Morgan fingerprint density at radius 2 is 2.23 bits per heavy atom. The lowest BCUT2D eigenvalue weighted by atomic mass is 9.97. The standard InChI is InChI=1S/C16H23NO5/c1-12(22-16(19)14-11-20-9-10-21-14)15(18)17-8-7-13-5-3-2-4-6-13/h5,11-12H,2-4,6-10H2,1H3,(H,17,18)/t12-/m0/s1. The van der Waals surface area contributed by atoms with Crippen LogP contribution in [0.3, 0.4) is 0 Å². The largest absolute Gasteiger partial charge is 0.493 e. The third kappa shape index (κ3) is 5.09. The van der Waals surface area contributed by atoms with E-state index in [4.69, 9.17) is 14.2 Å². The van der Waals surface area contributed by atoms with Crippen molar-refractivity contribution < 1.29 is 23.8 Å². The van der Waals surface area contributed by atoms with E-state index in [1.807, 2.05) is 0 Å². The molecule has 0 radical (unpaired) electrons. The molecular formula is C16H23NO5. The Bertz CT molecular complexity index is 469. The monoisotopic (exact) mass is 309 g/mol. The lowest BCUT2D eigenvalue weighted by Gasteiger charge is -2.18.